The van der Waals surface area contributed by atoms with E-state index in [4.69, 9.17) is 10.3 Å². The van der Waals surface area contributed by atoms with Crippen LogP contribution in [0.1, 0.15) is 52.8 Å². The van der Waals surface area contributed by atoms with Gasteiger partial charge in [0.05, 0.1) is 5.69 Å². The van der Waals surface area contributed by atoms with Gasteiger partial charge in [0.1, 0.15) is 11.3 Å². The number of nitrogens with two attached hydrogens (primary N) is 1. The highest BCUT2D eigenvalue weighted by Gasteiger charge is 2.18. The van der Waals surface area contributed by atoms with Crippen molar-refractivity contribution in [2.75, 3.05) is 0 Å². The SMILES string of the molecule is CCc1onc(C)c1C(=O)NCc1ccc(C(C)N)cc1. The number of benzene rings is 1. The van der Waals surface area contributed by atoms with Gasteiger partial charge in [-0.15, -0.1) is 0 Å². The standard InChI is InChI=1S/C16H21N3O2/c1-4-14-15(11(3)19-21-14)16(20)18-9-12-5-7-13(8-6-12)10(2)17/h5-8,10H,4,9,17H2,1-3H3,(H,18,20). The molecule has 0 spiro atoms. The molecule has 1 heterocycles. The summed E-state index contributed by atoms with van der Waals surface area (Å²) in [5, 5.41) is 6.74. The van der Waals surface area contributed by atoms with E-state index in [0.717, 1.165) is 11.1 Å². The number of carbonyl (C=O) groups is 1. The Morgan fingerprint density at radius 2 is 2.05 bits per heavy atom. The minimum atomic E-state index is -0.151. The van der Waals surface area contributed by atoms with Gasteiger partial charge in [-0.3, -0.25) is 4.79 Å². The van der Waals surface area contributed by atoms with Crippen LogP contribution in [0.25, 0.3) is 0 Å². The number of nitrogens with zero attached hydrogens (tertiary/aromatic N) is 1. The maximum absolute atomic E-state index is 12.2. The van der Waals surface area contributed by atoms with E-state index in [1.807, 2.05) is 38.1 Å². The van der Waals surface area contributed by atoms with Gasteiger partial charge in [0.2, 0.25) is 0 Å². The number of aromatic nitrogens is 1. The highest BCUT2D eigenvalue weighted by molar-refractivity contribution is 5.96. The molecule has 0 radical (unpaired) electrons. The highest BCUT2D eigenvalue weighted by atomic mass is 16.5. The molecule has 2 rings (SSSR count). The summed E-state index contributed by atoms with van der Waals surface area (Å²) < 4.78 is 5.14. The Morgan fingerprint density at radius 3 is 2.62 bits per heavy atom. The molecule has 5 heteroatoms. The maximum atomic E-state index is 12.2. The van der Waals surface area contributed by atoms with Crippen molar-refractivity contribution in [3.05, 3.63) is 52.4 Å². The minimum Gasteiger partial charge on any atom is -0.360 e. The molecule has 1 amide bonds. The first kappa shape index (κ1) is 15.3. The Hall–Kier alpha value is -2.14. The van der Waals surface area contributed by atoms with Gasteiger partial charge in [0, 0.05) is 19.0 Å². The second-order valence-electron chi connectivity index (χ2n) is 5.13. The number of hydrogen-bond donors (Lipinski definition) is 2. The average Bonchev–Trinajstić information content (AvgIpc) is 2.86. The van der Waals surface area contributed by atoms with Crippen LogP contribution in [0, 0.1) is 6.92 Å². The predicted octanol–water partition coefficient (Wildman–Crippen LogP) is 2.50. The van der Waals surface area contributed by atoms with Crippen LogP contribution in [0.4, 0.5) is 0 Å². The van der Waals surface area contributed by atoms with Crippen LogP contribution in [0.2, 0.25) is 0 Å². The molecule has 1 aromatic carbocycles. The van der Waals surface area contributed by atoms with E-state index < -0.39 is 0 Å². The summed E-state index contributed by atoms with van der Waals surface area (Å²) in [4.78, 5) is 12.2. The molecular formula is C16H21N3O2. The first-order valence-corrected chi connectivity index (χ1v) is 7.10. The van der Waals surface area contributed by atoms with E-state index in [1.165, 1.54) is 0 Å². The quantitative estimate of drug-likeness (QED) is 0.885. The van der Waals surface area contributed by atoms with Gasteiger partial charge in [0.25, 0.3) is 5.91 Å². The lowest BCUT2D eigenvalue weighted by Crippen LogP contribution is -2.24. The molecule has 2 aromatic rings. The molecule has 0 fully saturated rings. The molecule has 0 aliphatic heterocycles. The van der Waals surface area contributed by atoms with E-state index >= 15 is 0 Å². The van der Waals surface area contributed by atoms with Crippen molar-refractivity contribution in [1.29, 1.82) is 0 Å². The van der Waals surface area contributed by atoms with E-state index in [2.05, 4.69) is 10.5 Å². The van der Waals surface area contributed by atoms with Crippen LogP contribution < -0.4 is 11.1 Å². The fraction of sp³-hybridized carbons (Fsp3) is 0.375. The summed E-state index contributed by atoms with van der Waals surface area (Å²) in [6, 6.07) is 7.92. The summed E-state index contributed by atoms with van der Waals surface area (Å²) in [6.45, 7) is 6.11. The van der Waals surface area contributed by atoms with Gasteiger partial charge in [-0.2, -0.15) is 0 Å². The average molecular weight is 287 g/mol. The number of aryl methyl sites for hydroxylation is 2. The summed E-state index contributed by atoms with van der Waals surface area (Å²) in [5.74, 6) is 0.471. The fourth-order valence-electron chi connectivity index (χ4n) is 2.16. The Bertz CT molecular complexity index is 615. The third-order valence-electron chi connectivity index (χ3n) is 3.44. The summed E-state index contributed by atoms with van der Waals surface area (Å²) in [6.07, 6.45) is 0.646. The number of hydrogen-bond acceptors (Lipinski definition) is 4. The van der Waals surface area contributed by atoms with Gasteiger partial charge < -0.3 is 15.6 Å². The van der Waals surface area contributed by atoms with Crippen LogP contribution in [0.3, 0.4) is 0 Å². The predicted molar refractivity (Wildman–Crippen MR) is 80.8 cm³/mol. The van der Waals surface area contributed by atoms with Crippen molar-refractivity contribution in [3.63, 3.8) is 0 Å². The number of rotatable bonds is 5. The Morgan fingerprint density at radius 1 is 1.38 bits per heavy atom. The molecule has 0 saturated carbocycles. The van der Waals surface area contributed by atoms with Crippen LogP contribution in [-0.4, -0.2) is 11.1 Å². The molecule has 1 atom stereocenters. The molecule has 0 saturated heterocycles. The minimum absolute atomic E-state index is 0.0143. The molecule has 5 nitrogen and oxygen atoms in total. The summed E-state index contributed by atoms with van der Waals surface area (Å²) >= 11 is 0. The molecule has 3 N–H and O–H groups in total. The highest BCUT2D eigenvalue weighted by Crippen LogP contribution is 2.15. The molecule has 0 aliphatic rings. The van der Waals surface area contributed by atoms with E-state index in [0.29, 0.717) is 30.0 Å². The summed E-state index contributed by atoms with van der Waals surface area (Å²) in [5.41, 5.74) is 9.08. The van der Waals surface area contributed by atoms with Crippen LogP contribution >= 0.6 is 0 Å². The second-order valence-corrected chi connectivity index (χ2v) is 5.13. The lowest BCUT2D eigenvalue weighted by atomic mass is 10.1. The van der Waals surface area contributed by atoms with Crippen molar-refractivity contribution in [2.24, 2.45) is 5.73 Å². The van der Waals surface area contributed by atoms with Crippen molar-refractivity contribution in [2.45, 2.75) is 39.8 Å². The Labute approximate surface area is 124 Å². The maximum Gasteiger partial charge on any atom is 0.257 e. The first-order chi connectivity index (χ1) is 10.0. The topological polar surface area (TPSA) is 81.2 Å². The second kappa shape index (κ2) is 6.54. The molecule has 1 unspecified atom stereocenters. The van der Waals surface area contributed by atoms with Crippen molar-refractivity contribution in [3.8, 4) is 0 Å². The summed E-state index contributed by atoms with van der Waals surface area (Å²) in [7, 11) is 0. The van der Waals surface area contributed by atoms with E-state index in [1.54, 1.807) is 6.92 Å². The van der Waals surface area contributed by atoms with Gasteiger partial charge in [-0.1, -0.05) is 36.3 Å². The number of amides is 1. The lowest BCUT2D eigenvalue weighted by Gasteiger charge is -2.08. The van der Waals surface area contributed by atoms with Gasteiger partial charge in [-0.05, 0) is 25.0 Å². The largest absolute Gasteiger partial charge is 0.360 e. The van der Waals surface area contributed by atoms with E-state index in [-0.39, 0.29) is 11.9 Å². The third-order valence-corrected chi connectivity index (χ3v) is 3.44. The zero-order chi connectivity index (χ0) is 15.4. The fourth-order valence-corrected chi connectivity index (χ4v) is 2.16. The molecular weight excluding hydrogens is 266 g/mol. The molecule has 21 heavy (non-hydrogen) atoms. The zero-order valence-corrected chi connectivity index (χ0v) is 12.6. The van der Waals surface area contributed by atoms with Crippen molar-refractivity contribution < 1.29 is 9.32 Å². The monoisotopic (exact) mass is 287 g/mol. The first-order valence-electron chi connectivity index (χ1n) is 7.10. The number of carbonyl (C=O) groups excluding carboxylic acids is 1. The Balaban J connectivity index is 2.02. The molecule has 0 aliphatic carbocycles. The third kappa shape index (κ3) is 3.49. The zero-order valence-electron chi connectivity index (χ0n) is 12.6. The van der Waals surface area contributed by atoms with Crippen LogP contribution in [-0.2, 0) is 13.0 Å². The van der Waals surface area contributed by atoms with Gasteiger partial charge in [0.15, 0.2) is 0 Å². The van der Waals surface area contributed by atoms with E-state index in [9.17, 15) is 4.79 Å². The molecule has 0 bridgehead atoms. The molecule has 112 valence electrons. The number of nitrogens with one attached hydrogen (secondary N) is 1. The molecule has 1 aromatic heterocycles. The van der Waals surface area contributed by atoms with Crippen LogP contribution in [0.5, 0.6) is 0 Å². The van der Waals surface area contributed by atoms with Crippen LogP contribution in [0.15, 0.2) is 28.8 Å². The van der Waals surface area contributed by atoms with Crippen molar-refractivity contribution >= 4 is 5.91 Å². The normalized spacial score (nSPS) is 12.2. The van der Waals surface area contributed by atoms with Crippen molar-refractivity contribution in [1.82, 2.24) is 10.5 Å². The van der Waals surface area contributed by atoms with Gasteiger partial charge >= 0.3 is 0 Å². The smallest absolute Gasteiger partial charge is 0.257 e. The lowest BCUT2D eigenvalue weighted by molar-refractivity contribution is 0.0948. The Kier molecular flexibility index (Phi) is 4.75. The van der Waals surface area contributed by atoms with Gasteiger partial charge in [-0.25, -0.2) is 0 Å².